The molecule has 0 fully saturated rings. The molecule has 1 N–H and O–H groups in total. The Morgan fingerprint density at radius 1 is 1.32 bits per heavy atom. The van der Waals surface area contributed by atoms with E-state index in [-0.39, 0.29) is 19.9 Å². The summed E-state index contributed by atoms with van der Waals surface area (Å²) >= 11 is 0. The van der Waals surface area contributed by atoms with Crippen molar-refractivity contribution in [2.75, 3.05) is 13.2 Å². The molecule has 0 saturated carbocycles. The zero-order chi connectivity index (χ0) is 15.8. The number of furan rings is 1. The highest BCUT2D eigenvalue weighted by Crippen LogP contribution is 2.18. The number of aliphatic hydroxyl groups is 1. The maximum absolute atomic E-state index is 11.8. The number of aryl methyl sites for hydroxylation is 1. The van der Waals surface area contributed by atoms with Crippen molar-refractivity contribution in [2.45, 2.75) is 52.2 Å². The van der Waals surface area contributed by atoms with Crippen molar-refractivity contribution in [2.24, 2.45) is 0 Å². The first-order valence-electron chi connectivity index (χ1n) is 7.93. The lowest BCUT2D eigenvalue weighted by Gasteiger charge is -2.04. The Labute approximate surface area is 129 Å². The summed E-state index contributed by atoms with van der Waals surface area (Å²) in [5, 5.41) is 9.48. The van der Waals surface area contributed by atoms with Crippen LogP contribution in [0.3, 0.4) is 0 Å². The van der Waals surface area contributed by atoms with Crippen LogP contribution in [0.25, 0.3) is 11.1 Å². The van der Waals surface area contributed by atoms with E-state index in [1.54, 1.807) is 6.20 Å². The SMILES string of the molecule is CCCCCCCc1cc2cn(COCCO)c(=O)nc2o1. The molecule has 0 atom stereocenters. The quantitative estimate of drug-likeness (QED) is 0.682. The predicted molar refractivity (Wildman–Crippen MR) is 83.8 cm³/mol. The van der Waals surface area contributed by atoms with Crippen LogP contribution < -0.4 is 5.69 Å². The summed E-state index contributed by atoms with van der Waals surface area (Å²) < 4.78 is 12.2. The average Bonchev–Trinajstić information content (AvgIpc) is 2.89. The van der Waals surface area contributed by atoms with Crippen molar-refractivity contribution in [1.82, 2.24) is 9.55 Å². The highest BCUT2D eigenvalue weighted by atomic mass is 16.5. The van der Waals surface area contributed by atoms with Gasteiger partial charge in [0.2, 0.25) is 5.71 Å². The Kier molecular flexibility index (Phi) is 6.61. The van der Waals surface area contributed by atoms with Crippen LogP contribution >= 0.6 is 0 Å². The van der Waals surface area contributed by atoms with Gasteiger partial charge in [0.05, 0.1) is 18.6 Å². The molecule has 0 saturated heterocycles. The topological polar surface area (TPSA) is 77.5 Å². The van der Waals surface area contributed by atoms with Crippen molar-refractivity contribution in [3.05, 3.63) is 28.5 Å². The van der Waals surface area contributed by atoms with Gasteiger partial charge in [-0.1, -0.05) is 32.6 Å². The fraction of sp³-hybridized carbons (Fsp3) is 0.625. The van der Waals surface area contributed by atoms with Gasteiger partial charge in [0.15, 0.2) is 0 Å². The Bertz CT molecular complexity index is 633. The van der Waals surface area contributed by atoms with Crippen molar-refractivity contribution in [1.29, 1.82) is 0 Å². The fourth-order valence-electron chi connectivity index (χ4n) is 2.35. The number of hydrogen-bond donors (Lipinski definition) is 1. The molecule has 6 heteroatoms. The van der Waals surface area contributed by atoms with E-state index in [0.717, 1.165) is 24.0 Å². The van der Waals surface area contributed by atoms with E-state index in [1.165, 1.54) is 30.3 Å². The van der Waals surface area contributed by atoms with Gasteiger partial charge in [0, 0.05) is 12.6 Å². The summed E-state index contributed by atoms with van der Waals surface area (Å²) in [4.78, 5) is 15.7. The molecule has 0 amide bonds. The van der Waals surface area contributed by atoms with E-state index in [2.05, 4.69) is 11.9 Å². The van der Waals surface area contributed by atoms with Gasteiger partial charge in [-0.3, -0.25) is 4.57 Å². The number of aliphatic hydroxyl groups excluding tert-OH is 1. The zero-order valence-electron chi connectivity index (χ0n) is 13.1. The third-order valence-corrected chi connectivity index (χ3v) is 3.52. The molecule has 6 nitrogen and oxygen atoms in total. The second-order valence-corrected chi connectivity index (χ2v) is 5.39. The Hall–Kier alpha value is -1.66. The maximum Gasteiger partial charge on any atom is 0.352 e. The van der Waals surface area contributed by atoms with Crippen LogP contribution in [0, 0.1) is 0 Å². The van der Waals surface area contributed by atoms with Gasteiger partial charge in [-0.15, -0.1) is 0 Å². The van der Waals surface area contributed by atoms with Crippen LogP contribution in [0.4, 0.5) is 0 Å². The summed E-state index contributed by atoms with van der Waals surface area (Å²) in [6.45, 7) is 2.40. The van der Waals surface area contributed by atoms with Gasteiger partial charge in [0.1, 0.15) is 12.5 Å². The van der Waals surface area contributed by atoms with Crippen LogP contribution in [0.15, 0.2) is 21.5 Å². The molecule has 2 rings (SSSR count). The lowest BCUT2D eigenvalue weighted by molar-refractivity contribution is 0.0460. The molecule has 0 aliphatic rings. The number of ether oxygens (including phenoxy) is 1. The van der Waals surface area contributed by atoms with E-state index in [9.17, 15) is 4.79 Å². The summed E-state index contributed by atoms with van der Waals surface area (Å²) in [7, 11) is 0. The Balaban J connectivity index is 1.98. The first-order chi connectivity index (χ1) is 10.7. The summed E-state index contributed by atoms with van der Waals surface area (Å²) in [5.74, 6) is 0.868. The number of rotatable bonds is 10. The number of nitrogens with zero attached hydrogens (tertiary/aromatic N) is 2. The molecule has 2 heterocycles. The molecule has 0 aliphatic carbocycles. The van der Waals surface area contributed by atoms with Crippen LogP contribution in [0.2, 0.25) is 0 Å². The molecule has 0 bridgehead atoms. The minimum Gasteiger partial charge on any atom is -0.443 e. The van der Waals surface area contributed by atoms with Gasteiger partial charge in [-0.2, -0.15) is 4.98 Å². The van der Waals surface area contributed by atoms with E-state index in [0.29, 0.717) is 5.71 Å². The number of hydrogen-bond acceptors (Lipinski definition) is 5. The number of unbranched alkanes of at least 4 members (excludes halogenated alkanes) is 4. The second-order valence-electron chi connectivity index (χ2n) is 5.39. The van der Waals surface area contributed by atoms with Crippen molar-refractivity contribution in [3.63, 3.8) is 0 Å². The van der Waals surface area contributed by atoms with Gasteiger partial charge in [-0.25, -0.2) is 4.79 Å². The first kappa shape index (κ1) is 16.7. The minimum atomic E-state index is -0.408. The lowest BCUT2D eigenvalue weighted by Crippen LogP contribution is -2.23. The molecular weight excluding hydrogens is 284 g/mol. The van der Waals surface area contributed by atoms with Crippen LogP contribution in [-0.2, 0) is 17.9 Å². The zero-order valence-corrected chi connectivity index (χ0v) is 13.1. The summed E-state index contributed by atoms with van der Waals surface area (Å²) in [6.07, 6.45) is 8.60. The molecule has 0 spiro atoms. The molecule has 0 aliphatic heterocycles. The molecule has 2 aromatic heterocycles. The summed E-state index contributed by atoms with van der Waals surface area (Å²) in [5.41, 5.74) is -0.0266. The second kappa shape index (κ2) is 8.70. The summed E-state index contributed by atoms with van der Waals surface area (Å²) in [6, 6.07) is 1.93. The van der Waals surface area contributed by atoms with E-state index >= 15 is 0 Å². The molecule has 22 heavy (non-hydrogen) atoms. The van der Waals surface area contributed by atoms with E-state index < -0.39 is 5.69 Å². The van der Waals surface area contributed by atoms with Crippen LogP contribution in [0.5, 0.6) is 0 Å². The monoisotopic (exact) mass is 308 g/mol. The Morgan fingerprint density at radius 3 is 2.91 bits per heavy atom. The maximum atomic E-state index is 11.8. The van der Waals surface area contributed by atoms with Crippen LogP contribution in [0.1, 0.15) is 44.8 Å². The van der Waals surface area contributed by atoms with Gasteiger partial charge < -0.3 is 14.3 Å². The Morgan fingerprint density at radius 2 is 2.14 bits per heavy atom. The highest BCUT2D eigenvalue weighted by Gasteiger charge is 2.08. The molecule has 0 aromatic carbocycles. The van der Waals surface area contributed by atoms with E-state index in [1.807, 2.05) is 6.07 Å². The molecular formula is C16H24N2O4. The lowest BCUT2D eigenvalue weighted by atomic mass is 10.1. The van der Waals surface area contributed by atoms with E-state index in [4.69, 9.17) is 14.3 Å². The largest absolute Gasteiger partial charge is 0.443 e. The average molecular weight is 308 g/mol. The molecule has 0 unspecified atom stereocenters. The van der Waals surface area contributed by atoms with Gasteiger partial charge >= 0.3 is 5.69 Å². The van der Waals surface area contributed by atoms with Crippen molar-refractivity contribution in [3.8, 4) is 0 Å². The normalized spacial score (nSPS) is 11.4. The predicted octanol–water partition coefficient (Wildman–Crippen LogP) is 2.47. The number of fused-ring (bicyclic) bond motifs is 1. The van der Waals surface area contributed by atoms with Crippen molar-refractivity contribution >= 4 is 11.1 Å². The van der Waals surface area contributed by atoms with Crippen molar-refractivity contribution < 1.29 is 14.3 Å². The first-order valence-corrected chi connectivity index (χ1v) is 7.93. The molecule has 2 aromatic rings. The fourth-order valence-corrected chi connectivity index (χ4v) is 2.35. The third kappa shape index (κ3) is 4.68. The van der Waals surface area contributed by atoms with Gasteiger partial charge in [0.25, 0.3) is 0 Å². The highest BCUT2D eigenvalue weighted by molar-refractivity contribution is 5.72. The van der Waals surface area contributed by atoms with Gasteiger partial charge in [-0.05, 0) is 12.5 Å². The third-order valence-electron chi connectivity index (χ3n) is 3.52. The minimum absolute atomic E-state index is 0.0711. The molecule has 0 radical (unpaired) electrons. The standard InChI is InChI=1S/C16H24N2O4/c1-2-3-4-5-6-7-14-10-13-11-18(12-21-9-8-19)16(20)17-15(13)22-14/h10-11,19H,2-9,12H2,1H3. The smallest absolute Gasteiger partial charge is 0.352 e. The molecule has 122 valence electrons. The van der Waals surface area contributed by atoms with Crippen LogP contribution in [-0.4, -0.2) is 27.9 Å². The number of aromatic nitrogens is 2.